The largest absolute Gasteiger partial charge is 0.368 e. The Kier molecular flexibility index (Phi) is 6.30. The number of fused-ring (bicyclic) bond motifs is 1. The number of nitrogens with one attached hydrogen (secondary N) is 1. The highest BCUT2D eigenvalue weighted by molar-refractivity contribution is 7.19. The van der Waals surface area contributed by atoms with Gasteiger partial charge in [-0.15, -0.1) is 11.3 Å². The first-order valence-corrected chi connectivity index (χ1v) is 10.9. The number of benzene rings is 2. The van der Waals surface area contributed by atoms with E-state index in [2.05, 4.69) is 15.2 Å². The molecule has 2 amide bonds. The molecular weight excluding hydrogens is 420 g/mol. The summed E-state index contributed by atoms with van der Waals surface area (Å²) in [5.41, 5.74) is 2.01. The van der Waals surface area contributed by atoms with E-state index in [-0.39, 0.29) is 18.4 Å². The highest BCUT2D eigenvalue weighted by atomic mass is 35.5. The number of hydrogen-bond donors (Lipinski definition) is 1. The summed E-state index contributed by atoms with van der Waals surface area (Å²) in [5, 5.41) is 4.13. The van der Waals surface area contributed by atoms with Crippen LogP contribution in [0.2, 0.25) is 5.02 Å². The van der Waals surface area contributed by atoms with Crippen LogP contribution in [-0.2, 0) is 9.59 Å². The SMILES string of the molecule is O=C(/C=C/c1nc2ccccc2s1)NCC(=O)N1CCN(c2ccc(Cl)cc2)CC1. The molecule has 1 saturated heterocycles. The van der Waals surface area contributed by atoms with Gasteiger partial charge in [0.25, 0.3) is 0 Å². The number of halogens is 1. The predicted octanol–water partition coefficient (Wildman–Crippen LogP) is 3.43. The summed E-state index contributed by atoms with van der Waals surface area (Å²) in [7, 11) is 0. The second kappa shape index (κ2) is 9.28. The number of aromatic nitrogens is 1. The molecule has 4 rings (SSSR count). The predicted molar refractivity (Wildman–Crippen MR) is 122 cm³/mol. The van der Waals surface area contributed by atoms with Crippen molar-refractivity contribution in [1.29, 1.82) is 0 Å². The zero-order chi connectivity index (χ0) is 20.9. The van der Waals surface area contributed by atoms with Crippen molar-refractivity contribution in [1.82, 2.24) is 15.2 Å². The Labute approximate surface area is 183 Å². The highest BCUT2D eigenvalue weighted by Crippen LogP contribution is 2.22. The smallest absolute Gasteiger partial charge is 0.244 e. The average Bonchev–Trinajstić information content (AvgIpc) is 3.20. The van der Waals surface area contributed by atoms with Gasteiger partial charge in [0.2, 0.25) is 11.8 Å². The quantitative estimate of drug-likeness (QED) is 0.617. The third-order valence-corrected chi connectivity index (χ3v) is 6.18. The maximum absolute atomic E-state index is 12.4. The number of piperazine rings is 1. The number of para-hydroxylation sites is 1. The number of anilines is 1. The Morgan fingerprint density at radius 2 is 1.80 bits per heavy atom. The molecule has 2 heterocycles. The van der Waals surface area contributed by atoms with Crippen LogP contribution in [0.5, 0.6) is 0 Å². The standard InChI is InChI=1S/C22H21ClN4O2S/c23-16-5-7-17(8-6-16)26-11-13-27(14-12-26)22(29)15-24-20(28)9-10-21-25-18-3-1-2-4-19(18)30-21/h1-10H,11-15H2,(H,24,28)/b10-9+. The fourth-order valence-electron chi connectivity index (χ4n) is 3.31. The summed E-state index contributed by atoms with van der Waals surface area (Å²) >= 11 is 7.46. The molecule has 1 aromatic heterocycles. The summed E-state index contributed by atoms with van der Waals surface area (Å²) in [6.45, 7) is 2.74. The number of carbonyl (C=O) groups is 2. The second-order valence-corrected chi connectivity index (χ2v) is 8.41. The average molecular weight is 441 g/mol. The van der Waals surface area contributed by atoms with Gasteiger partial charge in [-0.05, 0) is 42.5 Å². The van der Waals surface area contributed by atoms with E-state index < -0.39 is 0 Å². The van der Waals surface area contributed by atoms with E-state index >= 15 is 0 Å². The Hall–Kier alpha value is -2.90. The van der Waals surface area contributed by atoms with Crippen LogP contribution in [0.15, 0.2) is 54.6 Å². The van der Waals surface area contributed by atoms with E-state index in [0.717, 1.165) is 34.0 Å². The van der Waals surface area contributed by atoms with E-state index in [1.54, 1.807) is 11.0 Å². The van der Waals surface area contributed by atoms with Gasteiger partial charge in [0, 0.05) is 43.0 Å². The van der Waals surface area contributed by atoms with E-state index in [0.29, 0.717) is 18.1 Å². The van der Waals surface area contributed by atoms with Crippen LogP contribution in [0.4, 0.5) is 5.69 Å². The fourth-order valence-corrected chi connectivity index (χ4v) is 4.30. The molecule has 1 N–H and O–H groups in total. The topological polar surface area (TPSA) is 65.5 Å². The Bertz CT molecular complexity index is 1040. The van der Waals surface area contributed by atoms with Crippen molar-refractivity contribution in [3.63, 3.8) is 0 Å². The molecule has 8 heteroatoms. The zero-order valence-corrected chi connectivity index (χ0v) is 17.8. The first-order chi connectivity index (χ1) is 14.6. The zero-order valence-electron chi connectivity index (χ0n) is 16.3. The molecule has 3 aromatic rings. The third kappa shape index (κ3) is 4.98. The van der Waals surface area contributed by atoms with Gasteiger partial charge in [-0.3, -0.25) is 9.59 Å². The van der Waals surface area contributed by atoms with Crippen molar-refractivity contribution in [2.45, 2.75) is 0 Å². The maximum Gasteiger partial charge on any atom is 0.244 e. The molecule has 154 valence electrons. The van der Waals surface area contributed by atoms with Crippen LogP contribution in [0, 0.1) is 0 Å². The molecule has 0 bridgehead atoms. The fraction of sp³-hybridized carbons (Fsp3) is 0.227. The molecule has 0 unspecified atom stereocenters. The highest BCUT2D eigenvalue weighted by Gasteiger charge is 2.21. The Morgan fingerprint density at radius 1 is 1.07 bits per heavy atom. The first kappa shape index (κ1) is 20.4. The lowest BCUT2D eigenvalue weighted by Crippen LogP contribution is -2.51. The van der Waals surface area contributed by atoms with E-state index in [1.165, 1.54) is 17.4 Å². The number of amides is 2. The lowest BCUT2D eigenvalue weighted by Gasteiger charge is -2.36. The lowest BCUT2D eigenvalue weighted by atomic mass is 10.2. The van der Waals surface area contributed by atoms with Gasteiger partial charge in [0.05, 0.1) is 16.8 Å². The van der Waals surface area contributed by atoms with Crippen molar-refractivity contribution in [3.05, 3.63) is 64.6 Å². The molecule has 2 aromatic carbocycles. The number of carbonyl (C=O) groups excluding carboxylic acids is 2. The molecule has 0 spiro atoms. The van der Waals surface area contributed by atoms with Crippen molar-refractivity contribution >= 4 is 56.7 Å². The van der Waals surface area contributed by atoms with Crippen molar-refractivity contribution in [2.75, 3.05) is 37.6 Å². The van der Waals surface area contributed by atoms with Gasteiger partial charge < -0.3 is 15.1 Å². The second-order valence-electron chi connectivity index (χ2n) is 6.92. The van der Waals surface area contributed by atoms with Gasteiger partial charge in [-0.25, -0.2) is 4.98 Å². The molecular formula is C22H21ClN4O2S. The summed E-state index contributed by atoms with van der Waals surface area (Å²) in [4.78, 5) is 33.0. The van der Waals surface area contributed by atoms with E-state index in [1.807, 2.05) is 48.5 Å². The molecule has 30 heavy (non-hydrogen) atoms. The Balaban J connectivity index is 1.23. The monoisotopic (exact) mass is 440 g/mol. The number of nitrogens with zero attached hydrogens (tertiary/aromatic N) is 3. The maximum atomic E-state index is 12.4. The Morgan fingerprint density at radius 3 is 2.53 bits per heavy atom. The lowest BCUT2D eigenvalue weighted by molar-refractivity contribution is -0.132. The molecule has 1 fully saturated rings. The van der Waals surface area contributed by atoms with Crippen LogP contribution >= 0.6 is 22.9 Å². The minimum absolute atomic E-state index is 0.00996. The minimum atomic E-state index is -0.303. The summed E-state index contributed by atoms with van der Waals surface area (Å²) in [5.74, 6) is -0.380. The van der Waals surface area contributed by atoms with Crippen LogP contribution in [0.1, 0.15) is 5.01 Å². The summed E-state index contributed by atoms with van der Waals surface area (Å²) in [6, 6.07) is 15.5. The number of hydrogen-bond acceptors (Lipinski definition) is 5. The van der Waals surface area contributed by atoms with E-state index in [4.69, 9.17) is 11.6 Å². The molecule has 0 radical (unpaired) electrons. The molecule has 0 saturated carbocycles. The van der Waals surface area contributed by atoms with Crippen LogP contribution in [0.25, 0.3) is 16.3 Å². The minimum Gasteiger partial charge on any atom is -0.368 e. The summed E-state index contributed by atoms with van der Waals surface area (Å²) < 4.78 is 1.07. The summed E-state index contributed by atoms with van der Waals surface area (Å²) in [6.07, 6.45) is 3.10. The van der Waals surface area contributed by atoms with Gasteiger partial charge in [0.1, 0.15) is 5.01 Å². The van der Waals surface area contributed by atoms with Gasteiger partial charge in [-0.2, -0.15) is 0 Å². The van der Waals surface area contributed by atoms with Crippen LogP contribution in [-0.4, -0.2) is 54.4 Å². The van der Waals surface area contributed by atoms with Gasteiger partial charge in [0.15, 0.2) is 0 Å². The molecule has 0 atom stereocenters. The van der Waals surface area contributed by atoms with E-state index in [9.17, 15) is 9.59 Å². The van der Waals surface area contributed by atoms with Crippen LogP contribution in [0.3, 0.4) is 0 Å². The third-order valence-electron chi connectivity index (χ3n) is 4.93. The molecule has 1 aliphatic heterocycles. The molecule has 6 nitrogen and oxygen atoms in total. The van der Waals surface area contributed by atoms with Crippen LogP contribution < -0.4 is 10.2 Å². The van der Waals surface area contributed by atoms with Crippen molar-refractivity contribution < 1.29 is 9.59 Å². The van der Waals surface area contributed by atoms with Crippen molar-refractivity contribution in [2.24, 2.45) is 0 Å². The molecule has 1 aliphatic rings. The first-order valence-electron chi connectivity index (χ1n) is 9.68. The normalized spacial score (nSPS) is 14.4. The molecule has 0 aliphatic carbocycles. The number of rotatable bonds is 5. The van der Waals surface area contributed by atoms with Crippen molar-refractivity contribution in [3.8, 4) is 0 Å². The van der Waals surface area contributed by atoms with Gasteiger partial charge in [-0.1, -0.05) is 23.7 Å². The van der Waals surface area contributed by atoms with Gasteiger partial charge >= 0.3 is 0 Å². The number of thiazole rings is 1.